The molecule has 2 unspecified atom stereocenters. The maximum atomic E-state index is 9.26. The largest absolute Gasteiger partial charge is 0.394 e. The third-order valence-corrected chi connectivity index (χ3v) is 3.14. The van der Waals surface area contributed by atoms with E-state index in [1.807, 2.05) is 26.0 Å². The highest BCUT2D eigenvalue weighted by molar-refractivity contribution is 5.48. The van der Waals surface area contributed by atoms with Crippen LogP contribution in [0.25, 0.3) is 0 Å². The first-order chi connectivity index (χ1) is 8.63. The smallest absolute Gasteiger partial charge is 0.133 e. The number of anilines is 1. The summed E-state index contributed by atoms with van der Waals surface area (Å²) in [6.45, 7) is 5.91. The Morgan fingerprint density at radius 2 is 2.28 bits per heavy atom. The van der Waals surface area contributed by atoms with Crippen molar-refractivity contribution in [1.82, 2.24) is 4.98 Å². The molecule has 100 valence electrons. The SMILES string of the molecule is Cc1ccc(CN)c(N2CC(C)OC(CO)C2)n1. The van der Waals surface area contributed by atoms with Crippen molar-refractivity contribution >= 4 is 5.82 Å². The van der Waals surface area contributed by atoms with Gasteiger partial charge in [-0.1, -0.05) is 6.07 Å². The summed E-state index contributed by atoms with van der Waals surface area (Å²) in [7, 11) is 0. The molecule has 1 aliphatic heterocycles. The van der Waals surface area contributed by atoms with Crippen LogP contribution in [-0.2, 0) is 11.3 Å². The van der Waals surface area contributed by atoms with Gasteiger partial charge in [0.25, 0.3) is 0 Å². The molecule has 0 spiro atoms. The minimum atomic E-state index is -0.151. The van der Waals surface area contributed by atoms with Crippen LogP contribution in [0.2, 0.25) is 0 Å². The Balaban J connectivity index is 2.26. The molecule has 0 saturated carbocycles. The summed E-state index contributed by atoms with van der Waals surface area (Å²) in [6.07, 6.45) is -0.0643. The van der Waals surface area contributed by atoms with Gasteiger partial charge in [0.15, 0.2) is 0 Å². The lowest BCUT2D eigenvalue weighted by Crippen LogP contribution is -2.48. The van der Waals surface area contributed by atoms with Gasteiger partial charge in [-0.05, 0) is 19.9 Å². The summed E-state index contributed by atoms with van der Waals surface area (Å²) in [6, 6.07) is 3.99. The van der Waals surface area contributed by atoms with E-state index in [0.29, 0.717) is 13.1 Å². The maximum Gasteiger partial charge on any atom is 0.133 e. The number of aryl methyl sites for hydroxylation is 1. The van der Waals surface area contributed by atoms with Gasteiger partial charge in [0.2, 0.25) is 0 Å². The number of rotatable bonds is 3. The predicted molar refractivity (Wildman–Crippen MR) is 70.5 cm³/mol. The highest BCUT2D eigenvalue weighted by Gasteiger charge is 2.26. The molecule has 5 nitrogen and oxygen atoms in total. The molecule has 2 heterocycles. The molecule has 0 amide bonds. The summed E-state index contributed by atoms with van der Waals surface area (Å²) in [5, 5.41) is 9.26. The number of hydrogen-bond donors (Lipinski definition) is 2. The quantitative estimate of drug-likeness (QED) is 0.815. The van der Waals surface area contributed by atoms with Gasteiger partial charge in [0.1, 0.15) is 5.82 Å². The van der Waals surface area contributed by atoms with Crippen molar-refractivity contribution in [1.29, 1.82) is 0 Å². The van der Waals surface area contributed by atoms with Gasteiger partial charge in [-0.25, -0.2) is 4.98 Å². The fourth-order valence-corrected chi connectivity index (χ4v) is 2.32. The van der Waals surface area contributed by atoms with Gasteiger partial charge in [-0.3, -0.25) is 0 Å². The molecule has 1 aliphatic rings. The van der Waals surface area contributed by atoms with E-state index >= 15 is 0 Å². The van der Waals surface area contributed by atoms with Crippen LogP contribution < -0.4 is 10.6 Å². The number of aliphatic hydroxyl groups excluding tert-OH is 1. The van der Waals surface area contributed by atoms with Gasteiger partial charge in [0, 0.05) is 30.9 Å². The zero-order valence-corrected chi connectivity index (χ0v) is 11.0. The Morgan fingerprint density at radius 1 is 1.50 bits per heavy atom. The maximum absolute atomic E-state index is 9.26. The highest BCUT2D eigenvalue weighted by Crippen LogP contribution is 2.22. The third-order valence-electron chi connectivity index (χ3n) is 3.14. The minimum absolute atomic E-state index is 0.0324. The van der Waals surface area contributed by atoms with E-state index in [1.54, 1.807) is 0 Å². The van der Waals surface area contributed by atoms with Crippen LogP contribution in [-0.4, -0.2) is 42.0 Å². The highest BCUT2D eigenvalue weighted by atomic mass is 16.5. The lowest BCUT2D eigenvalue weighted by Gasteiger charge is -2.37. The third kappa shape index (κ3) is 2.80. The van der Waals surface area contributed by atoms with E-state index in [1.165, 1.54) is 0 Å². The van der Waals surface area contributed by atoms with E-state index in [-0.39, 0.29) is 18.8 Å². The molecule has 18 heavy (non-hydrogen) atoms. The van der Waals surface area contributed by atoms with Crippen LogP contribution in [0.1, 0.15) is 18.2 Å². The van der Waals surface area contributed by atoms with Crippen molar-refractivity contribution in [2.24, 2.45) is 5.73 Å². The van der Waals surface area contributed by atoms with E-state index in [9.17, 15) is 5.11 Å². The Bertz CT molecular complexity index is 411. The monoisotopic (exact) mass is 251 g/mol. The molecule has 2 atom stereocenters. The second kappa shape index (κ2) is 5.65. The van der Waals surface area contributed by atoms with E-state index in [4.69, 9.17) is 10.5 Å². The molecule has 2 rings (SSSR count). The normalized spacial score (nSPS) is 24.3. The number of pyridine rings is 1. The number of hydrogen-bond acceptors (Lipinski definition) is 5. The fraction of sp³-hybridized carbons (Fsp3) is 0.615. The molecule has 3 N–H and O–H groups in total. The summed E-state index contributed by atoms with van der Waals surface area (Å²) in [5.74, 6) is 0.922. The number of nitrogens with two attached hydrogens (primary N) is 1. The van der Waals surface area contributed by atoms with E-state index in [0.717, 1.165) is 23.6 Å². The first-order valence-corrected chi connectivity index (χ1v) is 6.32. The molecule has 0 radical (unpaired) electrons. The van der Waals surface area contributed by atoms with Crippen LogP contribution in [0.4, 0.5) is 5.82 Å². The van der Waals surface area contributed by atoms with Crippen LogP contribution >= 0.6 is 0 Å². The molecule has 0 bridgehead atoms. The number of morpholine rings is 1. The first-order valence-electron chi connectivity index (χ1n) is 6.32. The van der Waals surface area contributed by atoms with Gasteiger partial charge in [0.05, 0.1) is 18.8 Å². The summed E-state index contributed by atoms with van der Waals surface area (Å²) < 4.78 is 5.64. The number of nitrogens with zero attached hydrogens (tertiary/aromatic N) is 2. The second-order valence-corrected chi connectivity index (χ2v) is 4.80. The van der Waals surface area contributed by atoms with Crippen LogP contribution in [0.15, 0.2) is 12.1 Å². The minimum Gasteiger partial charge on any atom is -0.394 e. The van der Waals surface area contributed by atoms with Crippen molar-refractivity contribution in [2.45, 2.75) is 32.6 Å². The second-order valence-electron chi connectivity index (χ2n) is 4.80. The average Bonchev–Trinajstić information content (AvgIpc) is 2.38. The van der Waals surface area contributed by atoms with Gasteiger partial charge >= 0.3 is 0 Å². The zero-order chi connectivity index (χ0) is 13.1. The predicted octanol–water partition coefficient (Wildman–Crippen LogP) is 0.435. The summed E-state index contributed by atoms with van der Waals surface area (Å²) in [4.78, 5) is 6.74. The standard InChI is InChI=1S/C13H21N3O2/c1-9-3-4-11(5-14)13(15-9)16-6-10(2)18-12(7-16)8-17/h3-4,10,12,17H,5-8,14H2,1-2H3. The van der Waals surface area contributed by atoms with Crippen LogP contribution in [0.5, 0.6) is 0 Å². The van der Waals surface area contributed by atoms with Gasteiger partial charge in [-0.15, -0.1) is 0 Å². The Labute approximate surface area is 108 Å². The molecular formula is C13H21N3O2. The molecule has 1 fully saturated rings. The molecule has 0 aromatic carbocycles. The van der Waals surface area contributed by atoms with Crippen molar-refractivity contribution in [3.05, 3.63) is 23.4 Å². The van der Waals surface area contributed by atoms with Gasteiger partial charge < -0.3 is 20.5 Å². The number of ether oxygens (including phenoxy) is 1. The number of aromatic nitrogens is 1. The van der Waals surface area contributed by atoms with Crippen LogP contribution in [0, 0.1) is 6.92 Å². The lowest BCUT2D eigenvalue weighted by molar-refractivity contribution is -0.0423. The topological polar surface area (TPSA) is 71.6 Å². The zero-order valence-electron chi connectivity index (χ0n) is 11.0. The first kappa shape index (κ1) is 13.3. The fourth-order valence-electron chi connectivity index (χ4n) is 2.32. The van der Waals surface area contributed by atoms with Crippen molar-refractivity contribution in [2.75, 3.05) is 24.6 Å². The summed E-state index contributed by atoms with van der Waals surface area (Å²) >= 11 is 0. The average molecular weight is 251 g/mol. The number of aliphatic hydroxyl groups is 1. The molecular weight excluding hydrogens is 230 g/mol. The Kier molecular flexibility index (Phi) is 4.16. The Morgan fingerprint density at radius 3 is 2.94 bits per heavy atom. The molecule has 0 aliphatic carbocycles. The van der Waals surface area contributed by atoms with Gasteiger partial charge in [-0.2, -0.15) is 0 Å². The lowest BCUT2D eigenvalue weighted by atomic mass is 10.1. The van der Waals surface area contributed by atoms with Crippen molar-refractivity contribution in [3.63, 3.8) is 0 Å². The molecule has 1 aromatic heterocycles. The molecule has 1 aromatic rings. The van der Waals surface area contributed by atoms with Crippen LogP contribution in [0.3, 0.4) is 0 Å². The van der Waals surface area contributed by atoms with Crippen molar-refractivity contribution in [3.8, 4) is 0 Å². The molecule has 5 heteroatoms. The van der Waals surface area contributed by atoms with Crippen molar-refractivity contribution < 1.29 is 9.84 Å². The molecule has 1 saturated heterocycles. The Hall–Kier alpha value is -1.17. The van der Waals surface area contributed by atoms with E-state index in [2.05, 4.69) is 9.88 Å². The van der Waals surface area contributed by atoms with E-state index < -0.39 is 0 Å². The summed E-state index contributed by atoms with van der Waals surface area (Å²) in [5.41, 5.74) is 7.77.